The van der Waals surface area contributed by atoms with E-state index in [0.29, 0.717) is 24.5 Å². The topological polar surface area (TPSA) is 47.6 Å². The van der Waals surface area contributed by atoms with Crippen molar-refractivity contribution in [1.29, 1.82) is 0 Å². The van der Waals surface area contributed by atoms with Gasteiger partial charge in [-0.05, 0) is 48.4 Å². The van der Waals surface area contributed by atoms with Crippen LogP contribution in [0.15, 0.2) is 48.5 Å². The molecule has 124 valence electrons. The van der Waals surface area contributed by atoms with Crippen molar-refractivity contribution in [3.8, 4) is 11.5 Å². The molecule has 0 aliphatic carbocycles. The third kappa shape index (κ3) is 3.93. The van der Waals surface area contributed by atoms with Gasteiger partial charge in [-0.1, -0.05) is 18.2 Å². The minimum absolute atomic E-state index is 0.189. The molecular weight excluding hydrogens is 309 g/mol. The van der Waals surface area contributed by atoms with E-state index in [-0.39, 0.29) is 17.8 Å². The maximum Gasteiger partial charge on any atom is 0.244 e. The molecule has 1 aliphatic rings. The van der Waals surface area contributed by atoms with Crippen LogP contribution in [0.4, 0.5) is 4.39 Å². The van der Waals surface area contributed by atoms with E-state index in [1.165, 1.54) is 18.2 Å². The van der Waals surface area contributed by atoms with Crippen LogP contribution in [0.2, 0.25) is 0 Å². The van der Waals surface area contributed by atoms with Crippen molar-refractivity contribution in [3.05, 3.63) is 65.5 Å². The number of carbonyl (C=O) groups excluding carboxylic acids is 1. The number of hydrogen-bond donors (Lipinski definition) is 1. The van der Waals surface area contributed by atoms with E-state index in [0.717, 1.165) is 11.3 Å². The second kappa shape index (κ2) is 7.17. The average molecular weight is 327 g/mol. The molecule has 1 heterocycles. The smallest absolute Gasteiger partial charge is 0.244 e. The van der Waals surface area contributed by atoms with Gasteiger partial charge in [0.1, 0.15) is 19.0 Å². The summed E-state index contributed by atoms with van der Waals surface area (Å²) in [5.41, 5.74) is 1.56. The first kappa shape index (κ1) is 16.1. The Kier molecular flexibility index (Phi) is 4.79. The molecule has 1 N–H and O–H groups in total. The summed E-state index contributed by atoms with van der Waals surface area (Å²) in [7, 11) is 0. The third-order valence-corrected chi connectivity index (χ3v) is 3.70. The highest BCUT2D eigenvalue weighted by Gasteiger charge is 2.15. The molecule has 3 rings (SSSR count). The summed E-state index contributed by atoms with van der Waals surface area (Å²) < 4.78 is 24.1. The summed E-state index contributed by atoms with van der Waals surface area (Å²) in [6, 6.07) is 11.5. The van der Waals surface area contributed by atoms with Crippen molar-refractivity contribution in [2.24, 2.45) is 0 Å². The first-order valence-corrected chi connectivity index (χ1v) is 7.75. The van der Waals surface area contributed by atoms with Crippen LogP contribution in [0.3, 0.4) is 0 Å². The van der Waals surface area contributed by atoms with Gasteiger partial charge in [-0.25, -0.2) is 4.39 Å². The van der Waals surface area contributed by atoms with Crippen molar-refractivity contribution < 1.29 is 18.7 Å². The first-order valence-electron chi connectivity index (χ1n) is 7.75. The van der Waals surface area contributed by atoms with Gasteiger partial charge in [0.15, 0.2) is 11.5 Å². The van der Waals surface area contributed by atoms with Gasteiger partial charge in [0.05, 0.1) is 6.04 Å². The van der Waals surface area contributed by atoms with E-state index in [2.05, 4.69) is 5.32 Å². The molecule has 0 aromatic heterocycles. The van der Waals surface area contributed by atoms with E-state index >= 15 is 0 Å². The zero-order chi connectivity index (χ0) is 16.9. The van der Waals surface area contributed by atoms with Crippen LogP contribution >= 0.6 is 0 Å². The van der Waals surface area contributed by atoms with Crippen molar-refractivity contribution in [2.45, 2.75) is 13.0 Å². The largest absolute Gasteiger partial charge is 0.486 e. The molecule has 1 atom stereocenters. The average Bonchev–Trinajstić information content (AvgIpc) is 2.59. The SMILES string of the molecule is CC(NC(=O)/C=C\c1cccc(F)c1)c1ccc2c(c1)OCCO2. The van der Waals surface area contributed by atoms with Crippen molar-refractivity contribution in [1.82, 2.24) is 5.32 Å². The van der Waals surface area contributed by atoms with E-state index in [9.17, 15) is 9.18 Å². The Bertz CT molecular complexity index is 773. The number of hydrogen-bond acceptors (Lipinski definition) is 3. The van der Waals surface area contributed by atoms with Gasteiger partial charge < -0.3 is 14.8 Å². The second-order valence-electron chi connectivity index (χ2n) is 5.52. The van der Waals surface area contributed by atoms with E-state index in [1.807, 2.05) is 25.1 Å². The number of rotatable bonds is 4. The normalized spacial score (nSPS) is 14.4. The highest BCUT2D eigenvalue weighted by atomic mass is 19.1. The molecule has 5 heteroatoms. The van der Waals surface area contributed by atoms with Gasteiger partial charge in [-0.2, -0.15) is 0 Å². The highest BCUT2D eigenvalue weighted by molar-refractivity contribution is 5.91. The molecule has 2 aromatic rings. The van der Waals surface area contributed by atoms with Crippen molar-refractivity contribution >= 4 is 12.0 Å². The number of carbonyl (C=O) groups is 1. The summed E-state index contributed by atoms with van der Waals surface area (Å²) in [5.74, 6) is 0.827. The lowest BCUT2D eigenvalue weighted by Gasteiger charge is -2.20. The Hall–Kier alpha value is -2.82. The molecule has 0 bridgehead atoms. The maximum atomic E-state index is 13.1. The fourth-order valence-electron chi connectivity index (χ4n) is 2.46. The van der Waals surface area contributed by atoms with Gasteiger partial charge in [0.25, 0.3) is 0 Å². The molecule has 0 fully saturated rings. The maximum absolute atomic E-state index is 13.1. The Morgan fingerprint density at radius 2 is 1.96 bits per heavy atom. The molecule has 0 saturated heterocycles. The fourth-order valence-corrected chi connectivity index (χ4v) is 2.46. The Morgan fingerprint density at radius 3 is 2.75 bits per heavy atom. The lowest BCUT2D eigenvalue weighted by molar-refractivity contribution is -0.117. The minimum Gasteiger partial charge on any atom is -0.486 e. The zero-order valence-electron chi connectivity index (χ0n) is 13.3. The molecule has 0 spiro atoms. The van der Waals surface area contributed by atoms with Gasteiger partial charge in [-0.15, -0.1) is 0 Å². The fraction of sp³-hybridized carbons (Fsp3) is 0.211. The lowest BCUT2D eigenvalue weighted by Crippen LogP contribution is -2.25. The van der Waals surface area contributed by atoms with Crippen molar-refractivity contribution in [2.75, 3.05) is 13.2 Å². The second-order valence-corrected chi connectivity index (χ2v) is 5.52. The molecule has 24 heavy (non-hydrogen) atoms. The Labute approximate surface area is 139 Å². The van der Waals surface area contributed by atoms with Crippen LogP contribution in [0.5, 0.6) is 11.5 Å². The summed E-state index contributed by atoms with van der Waals surface area (Å²) in [4.78, 5) is 12.0. The van der Waals surface area contributed by atoms with Crippen LogP contribution in [0.1, 0.15) is 24.1 Å². The number of benzene rings is 2. The van der Waals surface area contributed by atoms with Crippen LogP contribution in [0.25, 0.3) is 6.08 Å². The molecule has 2 aromatic carbocycles. The predicted molar refractivity (Wildman–Crippen MR) is 89.4 cm³/mol. The number of nitrogens with one attached hydrogen (secondary N) is 1. The number of fused-ring (bicyclic) bond motifs is 1. The van der Waals surface area contributed by atoms with Gasteiger partial charge >= 0.3 is 0 Å². The quantitative estimate of drug-likeness (QED) is 0.875. The van der Waals surface area contributed by atoms with E-state index in [1.54, 1.807) is 18.2 Å². The standard InChI is InChI=1S/C19H18FNO3/c1-13(15-6-7-17-18(12-15)24-10-9-23-17)21-19(22)8-5-14-3-2-4-16(20)11-14/h2-8,11-13H,9-10H2,1H3,(H,21,22)/b8-5-. The lowest BCUT2D eigenvalue weighted by atomic mass is 10.1. The molecule has 1 unspecified atom stereocenters. The first-order chi connectivity index (χ1) is 11.6. The van der Waals surface area contributed by atoms with Crippen molar-refractivity contribution in [3.63, 3.8) is 0 Å². The molecule has 1 aliphatic heterocycles. The summed E-state index contributed by atoms with van der Waals surface area (Å²) in [6.07, 6.45) is 2.97. The summed E-state index contributed by atoms with van der Waals surface area (Å²) >= 11 is 0. The van der Waals surface area contributed by atoms with Crippen LogP contribution in [-0.2, 0) is 4.79 Å². The molecule has 0 radical (unpaired) electrons. The zero-order valence-corrected chi connectivity index (χ0v) is 13.3. The third-order valence-electron chi connectivity index (χ3n) is 3.70. The van der Waals surface area contributed by atoms with Crippen LogP contribution in [0, 0.1) is 5.82 Å². The monoisotopic (exact) mass is 327 g/mol. The summed E-state index contributed by atoms with van der Waals surface area (Å²) in [5, 5.41) is 2.87. The van der Waals surface area contributed by atoms with Gasteiger partial charge in [0.2, 0.25) is 5.91 Å². The molecule has 1 amide bonds. The van der Waals surface area contributed by atoms with Gasteiger partial charge in [0, 0.05) is 6.08 Å². The predicted octanol–water partition coefficient (Wildman–Crippen LogP) is 3.49. The van der Waals surface area contributed by atoms with E-state index < -0.39 is 0 Å². The van der Waals surface area contributed by atoms with Crippen LogP contribution < -0.4 is 14.8 Å². The number of amides is 1. The number of halogens is 1. The minimum atomic E-state index is -0.331. The summed E-state index contributed by atoms with van der Waals surface area (Å²) in [6.45, 7) is 2.95. The number of ether oxygens (including phenoxy) is 2. The van der Waals surface area contributed by atoms with E-state index in [4.69, 9.17) is 9.47 Å². The molecule has 0 saturated carbocycles. The van der Waals surface area contributed by atoms with Crippen LogP contribution in [-0.4, -0.2) is 19.1 Å². The Morgan fingerprint density at radius 1 is 1.17 bits per heavy atom. The Balaban J connectivity index is 1.63. The molecular formula is C19H18FNO3. The highest BCUT2D eigenvalue weighted by Crippen LogP contribution is 2.32. The molecule has 4 nitrogen and oxygen atoms in total. The van der Waals surface area contributed by atoms with Gasteiger partial charge in [-0.3, -0.25) is 4.79 Å².